The molecule has 0 aromatic heterocycles. The standard InChI is InChI=1S/C12H26/c1-7-11(8-2)12(5,6)9-10(3)4/h10-11H,7-9H2,1-6H3. The maximum atomic E-state index is 2.42. The number of hydrogen-bond donors (Lipinski definition) is 0. The van der Waals surface area contributed by atoms with Crippen LogP contribution in [0.4, 0.5) is 0 Å². The van der Waals surface area contributed by atoms with Crippen molar-refractivity contribution >= 4 is 0 Å². The fraction of sp³-hybridized carbons (Fsp3) is 1.00. The molecule has 0 aromatic rings. The van der Waals surface area contributed by atoms with Crippen LogP contribution in [0.25, 0.3) is 0 Å². The summed E-state index contributed by atoms with van der Waals surface area (Å²) in [4.78, 5) is 0. The van der Waals surface area contributed by atoms with Gasteiger partial charge in [0.15, 0.2) is 0 Å². The Morgan fingerprint density at radius 1 is 1.00 bits per heavy atom. The second kappa shape index (κ2) is 4.89. The van der Waals surface area contributed by atoms with Gasteiger partial charge >= 0.3 is 0 Å². The van der Waals surface area contributed by atoms with Crippen LogP contribution in [0, 0.1) is 17.3 Å². The monoisotopic (exact) mass is 170 g/mol. The average Bonchev–Trinajstić information content (AvgIpc) is 1.85. The molecular formula is C12H26. The molecule has 0 fully saturated rings. The minimum atomic E-state index is 0.539. The summed E-state index contributed by atoms with van der Waals surface area (Å²) in [6.07, 6.45) is 4.02. The molecule has 0 amide bonds. The Morgan fingerprint density at radius 3 is 1.67 bits per heavy atom. The summed E-state index contributed by atoms with van der Waals surface area (Å²) < 4.78 is 0. The Kier molecular flexibility index (Phi) is 4.89. The van der Waals surface area contributed by atoms with Crippen molar-refractivity contribution in [3.8, 4) is 0 Å². The average molecular weight is 170 g/mol. The molecule has 74 valence electrons. The van der Waals surface area contributed by atoms with Crippen LogP contribution < -0.4 is 0 Å². The van der Waals surface area contributed by atoms with Gasteiger partial charge < -0.3 is 0 Å². The third kappa shape index (κ3) is 3.60. The van der Waals surface area contributed by atoms with Gasteiger partial charge in [0.05, 0.1) is 0 Å². The molecular weight excluding hydrogens is 144 g/mol. The van der Waals surface area contributed by atoms with E-state index >= 15 is 0 Å². The lowest BCUT2D eigenvalue weighted by Gasteiger charge is -2.34. The van der Waals surface area contributed by atoms with Gasteiger partial charge in [0.2, 0.25) is 0 Å². The van der Waals surface area contributed by atoms with Gasteiger partial charge in [0.25, 0.3) is 0 Å². The van der Waals surface area contributed by atoms with Gasteiger partial charge in [-0.2, -0.15) is 0 Å². The van der Waals surface area contributed by atoms with Crippen molar-refractivity contribution in [3.63, 3.8) is 0 Å². The highest BCUT2D eigenvalue weighted by molar-refractivity contribution is 4.77. The fourth-order valence-corrected chi connectivity index (χ4v) is 2.61. The maximum absolute atomic E-state index is 2.42. The molecule has 0 saturated carbocycles. The van der Waals surface area contributed by atoms with E-state index in [4.69, 9.17) is 0 Å². The van der Waals surface area contributed by atoms with Crippen molar-refractivity contribution in [2.45, 2.75) is 60.8 Å². The molecule has 0 spiro atoms. The molecule has 0 aliphatic carbocycles. The summed E-state index contributed by atoms with van der Waals surface area (Å²) in [5, 5.41) is 0. The van der Waals surface area contributed by atoms with Gasteiger partial charge in [-0.1, -0.05) is 54.4 Å². The van der Waals surface area contributed by atoms with Gasteiger partial charge in [-0.3, -0.25) is 0 Å². The lowest BCUT2D eigenvalue weighted by atomic mass is 9.71. The lowest BCUT2D eigenvalue weighted by molar-refractivity contribution is 0.160. The second-order valence-electron chi connectivity index (χ2n) is 5.10. The molecule has 0 bridgehead atoms. The van der Waals surface area contributed by atoms with Gasteiger partial charge in [0, 0.05) is 0 Å². The van der Waals surface area contributed by atoms with E-state index in [1.54, 1.807) is 0 Å². The molecule has 0 heterocycles. The second-order valence-corrected chi connectivity index (χ2v) is 5.10. The quantitative estimate of drug-likeness (QED) is 0.570. The summed E-state index contributed by atoms with van der Waals surface area (Å²) in [6, 6.07) is 0. The molecule has 0 aromatic carbocycles. The van der Waals surface area contributed by atoms with Gasteiger partial charge in [-0.15, -0.1) is 0 Å². The number of hydrogen-bond acceptors (Lipinski definition) is 0. The van der Waals surface area contributed by atoms with Crippen LogP contribution in [0.15, 0.2) is 0 Å². The molecule has 12 heavy (non-hydrogen) atoms. The van der Waals surface area contributed by atoms with Crippen LogP contribution >= 0.6 is 0 Å². The molecule has 0 rings (SSSR count). The SMILES string of the molecule is CCC(CC)C(C)(C)CC(C)C. The van der Waals surface area contributed by atoms with Crippen LogP contribution in [-0.4, -0.2) is 0 Å². The van der Waals surface area contributed by atoms with Crippen molar-refractivity contribution in [1.82, 2.24) is 0 Å². The molecule has 0 aliphatic heterocycles. The molecule has 0 aliphatic rings. The van der Waals surface area contributed by atoms with E-state index in [0.29, 0.717) is 5.41 Å². The van der Waals surface area contributed by atoms with Crippen LogP contribution in [0.3, 0.4) is 0 Å². The first-order valence-corrected chi connectivity index (χ1v) is 5.44. The van der Waals surface area contributed by atoms with Crippen molar-refractivity contribution < 1.29 is 0 Å². The topological polar surface area (TPSA) is 0 Å². The van der Waals surface area contributed by atoms with Crippen molar-refractivity contribution in [1.29, 1.82) is 0 Å². The van der Waals surface area contributed by atoms with Crippen LogP contribution in [0.5, 0.6) is 0 Å². The van der Waals surface area contributed by atoms with Crippen LogP contribution in [0.1, 0.15) is 60.8 Å². The van der Waals surface area contributed by atoms with Crippen molar-refractivity contribution in [2.24, 2.45) is 17.3 Å². The van der Waals surface area contributed by atoms with E-state index in [-0.39, 0.29) is 0 Å². The van der Waals surface area contributed by atoms with Gasteiger partial charge in [-0.05, 0) is 23.7 Å². The minimum Gasteiger partial charge on any atom is -0.0651 e. The zero-order chi connectivity index (χ0) is 9.78. The zero-order valence-electron chi connectivity index (χ0n) is 9.78. The molecule has 0 atom stereocenters. The van der Waals surface area contributed by atoms with Crippen LogP contribution in [0.2, 0.25) is 0 Å². The Morgan fingerprint density at radius 2 is 1.42 bits per heavy atom. The summed E-state index contributed by atoms with van der Waals surface area (Å²) in [5.41, 5.74) is 0.539. The van der Waals surface area contributed by atoms with E-state index in [2.05, 4.69) is 41.5 Å². The highest BCUT2D eigenvalue weighted by Gasteiger charge is 2.27. The molecule has 0 nitrogen and oxygen atoms in total. The van der Waals surface area contributed by atoms with Crippen molar-refractivity contribution in [2.75, 3.05) is 0 Å². The van der Waals surface area contributed by atoms with Crippen molar-refractivity contribution in [3.05, 3.63) is 0 Å². The first kappa shape index (κ1) is 12.0. The Bertz CT molecular complexity index is 107. The molecule has 0 unspecified atom stereocenters. The predicted octanol–water partition coefficient (Wildman–Crippen LogP) is 4.49. The number of rotatable bonds is 5. The summed E-state index contributed by atoms with van der Waals surface area (Å²) in [7, 11) is 0. The maximum Gasteiger partial charge on any atom is -0.0324 e. The Labute approximate surface area is 78.8 Å². The molecule has 0 N–H and O–H groups in total. The van der Waals surface area contributed by atoms with E-state index in [0.717, 1.165) is 11.8 Å². The lowest BCUT2D eigenvalue weighted by Crippen LogP contribution is -2.24. The molecule has 0 saturated heterocycles. The van der Waals surface area contributed by atoms with Gasteiger partial charge in [0.1, 0.15) is 0 Å². The third-order valence-electron chi connectivity index (χ3n) is 3.03. The van der Waals surface area contributed by atoms with E-state index in [1.807, 2.05) is 0 Å². The smallest absolute Gasteiger partial charge is 0.0324 e. The van der Waals surface area contributed by atoms with E-state index < -0.39 is 0 Å². The van der Waals surface area contributed by atoms with E-state index in [9.17, 15) is 0 Å². The van der Waals surface area contributed by atoms with E-state index in [1.165, 1.54) is 19.3 Å². The zero-order valence-corrected chi connectivity index (χ0v) is 9.78. The largest absolute Gasteiger partial charge is 0.0651 e. The van der Waals surface area contributed by atoms with Gasteiger partial charge in [-0.25, -0.2) is 0 Å². The highest BCUT2D eigenvalue weighted by Crippen LogP contribution is 2.37. The van der Waals surface area contributed by atoms with Crippen LogP contribution in [-0.2, 0) is 0 Å². The summed E-state index contributed by atoms with van der Waals surface area (Å²) >= 11 is 0. The normalized spacial score (nSPS) is 13.0. The predicted molar refractivity (Wildman–Crippen MR) is 57.3 cm³/mol. The summed E-state index contributed by atoms with van der Waals surface area (Å²) in [6.45, 7) is 14.1. The highest BCUT2D eigenvalue weighted by atomic mass is 14.3. The Hall–Kier alpha value is 0. The minimum absolute atomic E-state index is 0.539. The fourth-order valence-electron chi connectivity index (χ4n) is 2.61. The molecule has 0 radical (unpaired) electrons. The first-order chi connectivity index (χ1) is 5.44. The molecule has 0 heteroatoms. The summed E-state index contributed by atoms with van der Waals surface area (Å²) in [5.74, 6) is 1.74. The third-order valence-corrected chi connectivity index (χ3v) is 3.03. The Balaban J connectivity index is 4.14. The first-order valence-electron chi connectivity index (χ1n) is 5.44.